The molecule has 1 aliphatic carbocycles. The fourth-order valence-electron chi connectivity index (χ4n) is 2.70. The first-order valence-corrected chi connectivity index (χ1v) is 7.74. The van der Waals surface area contributed by atoms with Crippen molar-refractivity contribution in [1.82, 2.24) is 0 Å². The van der Waals surface area contributed by atoms with E-state index in [0.717, 1.165) is 24.0 Å². The van der Waals surface area contributed by atoms with Gasteiger partial charge in [-0.2, -0.15) is 0 Å². The number of Topliss-reactive ketones (excluding diaryl/α,β-unsaturated/α-hetero) is 1. The Labute approximate surface area is 130 Å². The van der Waals surface area contributed by atoms with Gasteiger partial charge < -0.3 is 9.84 Å². The van der Waals surface area contributed by atoms with Crippen molar-refractivity contribution in [2.45, 2.75) is 45.1 Å². The van der Waals surface area contributed by atoms with E-state index in [9.17, 15) is 14.7 Å². The molecule has 1 N–H and O–H groups in total. The minimum atomic E-state index is -0.640. The van der Waals surface area contributed by atoms with Crippen LogP contribution in [0.3, 0.4) is 0 Å². The Morgan fingerprint density at radius 2 is 2.05 bits per heavy atom. The van der Waals surface area contributed by atoms with Gasteiger partial charge in [-0.05, 0) is 42.5 Å². The van der Waals surface area contributed by atoms with Crippen LogP contribution in [0.1, 0.15) is 37.3 Å². The molecular formula is C18H22O4. The Bertz CT molecular complexity index is 574. The molecule has 0 saturated carbocycles. The zero-order chi connectivity index (χ0) is 15.9. The minimum absolute atomic E-state index is 0.0221. The molecule has 0 saturated heterocycles. The lowest BCUT2D eigenvalue weighted by Gasteiger charge is -2.09. The van der Waals surface area contributed by atoms with Gasteiger partial charge in [-0.25, -0.2) is 0 Å². The summed E-state index contributed by atoms with van der Waals surface area (Å²) in [6.07, 6.45) is 3.66. The number of carbonyl (C=O) groups is 2. The summed E-state index contributed by atoms with van der Waals surface area (Å²) in [6.45, 7) is 2.21. The zero-order valence-electron chi connectivity index (χ0n) is 12.9. The fourth-order valence-corrected chi connectivity index (χ4v) is 2.70. The number of aliphatic hydroxyl groups is 1. The molecule has 0 fully saturated rings. The molecule has 0 heterocycles. The quantitative estimate of drug-likeness (QED) is 0.785. The van der Waals surface area contributed by atoms with Crippen molar-refractivity contribution >= 4 is 11.8 Å². The van der Waals surface area contributed by atoms with Crippen LogP contribution in [0.2, 0.25) is 0 Å². The van der Waals surface area contributed by atoms with E-state index in [-0.39, 0.29) is 18.2 Å². The van der Waals surface area contributed by atoms with Crippen LogP contribution in [-0.2, 0) is 27.2 Å². The molecule has 1 aromatic rings. The average molecular weight is 302 g/mol. The molecule has 0 bridgehead atoms. The predicted molar refractivity (Wildman–Crippen MR) is 83.4 cm³/mol. The maximum atomic E-state index is 11.8. The molecule has 1 unspecified atom stereocenters. The van der Waals surface area contributed by atoms with Gasteiger partial charge in [0.15, 0.2) is 5.78 Å². The number of aliphatic hydroxyl groups excluding tert-OH is 1. The highest BCUT2D eigenvalue weighted by Crippen LogP contribution is 2.22. The first-order chi connectivity index (χ1) is 10.6. The smallest absolute Gasteiger partial charge is 0.305 e. The topological polar surface area (TPSA) is 63.6 Å². The van der Waals surface area contributed by atoms with Crippen LogP contribution in [0.5, 0.6) is 0 Å². The molecule has 0 spiro atoms. The Balaban J connectivity index is 1.97. The fraction of sp³-hybridized carbons (Fsp3) is 0.444. The summed E-state index contributed by atoms with van der Waals surface area (Å²) in [5.41, 5.74) is 2.91. The van der Waals surface area contributed by atoms with Crippen molar-refractivity contribution in [2.24, 2.45) is 0 Å². The van der Waals surface area contributed by atoms with Crippen molar-refractivity contribution in [2.75, 3.05) is 6.61 Å². The normalized spacial score (nSPS) is 17.5. The second-order valence-corrected chi connectivity index (χ2v) is 5.49. The number of aryl methyl sites for hydroxylation is 1. The van der Waals surface area contributed by atoms with Crippen LogP contribution in [-0.4, -0.2) is 29.6 Å². The lowest BCUT2D eigenvalue weighted by atomic mass is 9.96. The number of carbonyl (C=O) groups excluding carboxylic acids is 2. The van der Waals surface area contributed by atoms with Gasteiger partial charge in [-0.3, -0.25) is 9.59 Å². The summed E-state index contributed by atoms with van der Waals surface area (Å²) in [7, 11) is 0. The maximum absolute atomic E-state index is 11.8. The highest BCUT2D eigenvalue weighted by atomic mass is 16.5. The van der Waals surface area contributed by atoms with E-state index in [1.165, 1.54) is 0 Å². The third-order valence-electron chi connectivity index (χ3n) is 3.78. The van der Waals surface area contributed by atoms with Gasteiger partial charge >= 0.3 is 5.97 Å². The minimum Gasteiger partial charge on any atom is -0.466 e. The molecule has 0 radical (unpaired) electrons. The number of hydrogen-bond acceptors (Lipinski definition) is 4. The second-order valence-electron chi connectivity index (χ2n) is 5.49. The molecule has 1 atom stereocenters. The monoisotopic (exact) mass is 302 g/mol. The van der Waals surface area contributed by atoms with E-state index in [0.29, 0.717) is 25.0 Å². The molecule has 0 amide bonds. The molecule has 1 aromatic carbocycles. The van der Waals surface area contributed by atoms with Crippen molar-refractivity contribution in [3.8, 4) is 0 Å². The van der Waals surface area contributed by atoms with Gasteiger partial charge in [0.1, 0.15) is 0 Å². The highest BCUT2D eigenvalue weighted by Gasteiger charge is 2.22. The standard InChI is InChI=1S/C18H22O4/c1-2-22-18(21)9-5-8-13-6-3-4-7-14(13)10-15-11-16(19)12-17(15)20/h3-4,6-7,11,16,19H,2,5,8-10,12H2,1H3. The lowest BCUT2D eigenvalue weighted by molar-refractivity contribution is -0.143. The molecule has 118 valence electrons. The Hall–Kier alpha value is -1.94. The van der Waals surface area contributed by atoms with Gasteiger partial charge in [-0.15, -0.1) is 0 Å². The largest absolute Gasteiger partial charge is 0.466 e. The van der Waals surface area contributed by atoms with Crippen LogP contribution >= 0.6 is 0 Å². The van der Waals surface area contributed by atoms with Crippen LogP contribution in [0, 0.1) is 0 Å². The second kappa shape index (κ2) is 7.90. The molecule has 1 aliphatic rings. The SMILES string of the molecule is CCOC(=O)CCCc1ccccc1CC1=CC(O)CC1=O. The van der Waals surface area contributed by atoms with Gasteiger partial charge in [-0.1, -0.05) is 24.3 Å². The zero-order valence-corrected chi connectivity index (χ0v) is 12.9. The molecule has 4 nitrogen and oxygen atoms in total. The third kappa shape index (κ3) is 4.53. The summed E-state index contributed by atoms with van der Waals surface area (Å²) in [5.74, 6) is -0.148. The molecular weight excluding hydrogens is 280 g/mol. The summed E-state index contributed by atoms with van der Waals surface area (Å²) in [5, 5.41) is 9.52. The average Bonchev–Trinajstić information content (AvgIpc) is 2.79. The first-order valence-electron chi connectivity index (χ1n) is 7.74. The Morgan fingerprint density at radius 3 is 2.68 bits per heavy atom. The van der Waals surface area contributed by atoms with Crippen LogP contribution in [0.25, 0.3) is 0 Å². The molecule has 0 aromatic heterocycles. The molecule has 22 heavy (non-hydrogen) atoms. The van der Waals surface area contributed by atoms with Gasteiger partial charge in [0.05, 0.1) is 12.7 Å². The van der Waals surface area contributed by atoms with Crippen LogP contribution in [0.4, 0.5) is 0 Å². The molecule has 0 aliphatic heterocycles. The predicted octanol–water partition coefficient (Wildman–Crippen LogP) is 2.38. The van der Waals surface area contributed by atoms with E-state index in [1.54, 1.807) is 13.0 Å². The van der Waals surface area contributed by atoms with Crippen LogP contribution < -0.4 is 0 Å². The highest BCUT2D eigenvalue weighted by molar-refractivity contribution is 5.98. The Kier molecular flexibility index (Phi) is 5.90. The van der Waals surface area contributed by atoms with Crippen molar-refractivity contribution in [3.05, 3.63) is 47.0 Å². The summed E-state index contributed by atoms with van der Waals surface area (Å²) in [6, 6.07) is 7.93. The number of esters is 1. The summed E-state index contributed by atoms with van der Waals surface area (Å²) in [4.78, 5) is 23.2. The first kappa shape index (κ1) is 16.4. The van der Waals surface area contributed by atoms with E-state index >= 15 is 0 Å². The van der Waals surface area contributed by atoms with Crippen molar-refractivity contribution in [3.63, 3.8) is 0 Å². The van der Waals surface area contributed by atoms with E-state index in [2.05, 4.69) is 0 Å². The third-order valence-corrected chi connectivity index (χ3v) is 3.78. The molecule has 4 heteroatoms. The van der Waals surface area contributed by atoms with Gasteiger partial charge in [0, 0.05) is 19.3 Å². The van der Waals surface area contributed by atoms with E-state index in [1.807, 2.05) is 24.3 Å². The lowest BCUT2D eigenvalue weighted by Crippen LogP contribution is -2.06. The maximum Gasteiger partial charge on any atom is 0.305 e. The summed E-state index contributed by atoms with van der Waals surface area (Å²) >= 11 is 0. The Morgan fingerprint density at radius 1 is 1.32 bits per heavy atom. The number of rotatable bonds is 7. The van der Waals surface area contributed by atoms with E-state index < -0.39 is 6.10 Å². The van der Waals surface area contributed by atoms with Crippen molar-refractivity contribution in [1.29, 1.82) is 0 Å². The number of ether oxygens (including phenoxy) is 1. The molecule has 2 rings (SSSR count). The number of benzene rings is 1. The number of hydrogen-bond donors (Lipinski definition) is 1. The van der Waals surface area contributed by atoms with Gasteiger partial charge in [0.2, 0.25) is 0 Å². The summed E-state index contributed by atoms with van der Waals surface area (Å²) < 4.78 is 4.92. The van der Waals surface area contributed by atoms with E-state index in [4.69, 9.17) is 4.74 Å². The van der Waals surface area contributed by atoms with Crippen LogP contribution in [0.15, 0.2) is 35.9 Å². The van der Waals surface area contributed by atoms with Crippen molar-refractivity contribution < 1.29 is 19.4 Å². The number of ketones is 1. The number of allylic oxidation sites excluding steroid dienone is 1. The van der Waals surface area contributed by atoms with Gasteiger partial charge in [0.25, 0.3) is 0 Å².